The Morgan fingerprint density at radius 3 is 2.73 bits per heavy atom. The number of benzene rings is 1. The monoisotopic (exact) mass is 358 g/mol. The second-order valence-corrected chi connectivity index (χ2v) is 5.13. The van der Waals surface area contributed by atoms with Crippen LogP contribution in [0.3, 0.4) is 0 Å². The van der Waals surface area contributed by atoms with Crippen molar-refractivity contribution < 1.29 is 9.53 Å². The summed E-state index contributed by atoms with van der Waals surface area (Å²) in [6, 6.07) is 10.9. The van der Waals surface area contributed by atoms with Crippen molar-refractivity contribution in [3.05, 3.63) is 65.2 Å². The van der Waals surface area contributed by atoms with Crippen LogP contribution in [0.4, 0.5) is 5.69 Å². The molecule has 2 aromatic heterocycles. The molecule has 0 saturated heterocycles. The second kappa shape index (κ2) is 6.40. The van der Waals surface area contributed by atoms with Gasteiger partial charge < -0.3 is 10.1 Å². The molecule has 1 amide bonds. The van der Waals surface area contributed by atoms with E-state index in [1.165, 1.54) is 12.4 Å². The molecule has 0 aliphatic rings. The normalized spacial score (nSPS) is 10.2. The van der Waals surface area contributed by atoms with Gasteiger partial charge in [-0.25, -0.2) is 0 Å². The van der Waals surface area contributed by atoms with E-state index in [9.17, 15) is 4.79 Å². The number of nitrogens with zero attached hydrogens (tertiary/aromatic N) is 2. The Labute approximate surface area is 134 Å². The smallest absolute Gasteiger partial charge is 0.261 e. The molecule has 3 aromatic rings. The molecule has 0 unspecified atom stereocenters. The van der Waals surface area contributed by atoms with Crippen molar-refractivity contribution in [2.45, 2.75) is 0 Å². The number of nitrogens with one attached hydrogen (secondary N) is 2. The highest BCUT2D eigenvalue weighted by atomic mass is 79.9. The van der Waals surface area contributed by atoms with Gasteiger partial charge in [0.1, 0.15) is 21.7 Å². The van der Waals surface area contributed by atoms with Crippen molar-refractivity contribution in [1.29, 1.82) is 0 Å². The molecular weight excluding hydrogens is 348 g/mol. The van der Waals surface area contributed by atoms with Crippen LogP contribution in [0.15, 0.2) is 59.6 Å². The molecule has 22 heavy (non-hydrogen) atoms. The fourth-order valence-corrected chi connectivity index (χ4v) is 2.11. The topological polar surface area (TPSA) is 79.9 Å². The maximum atomic E-state index is 12.4. The number of hydrogen-bond donors (Lipinski definition) is 2. The lowest BCUT2D eigenvalue weighted by Crippen LogP contribution is -2.13. The number of aromatic amines is 1. The average molecular weight is 359 g/mol. The SMILES string of the molecule is O=C(Nc1cn[nH]c1Br)c1cnccc1Oc1ccccc1. The molecule has 1 aromatic carbocycles. The van der Waals surface area contributed by atoms with Crippen LogP contribution < -0.4 is 10.1 Å². The lowest BCUT2D eigenvalue weighted by Gasteiger charge is -2.10. The zero-order valence-electron chi connectivity index (χ0n) is 11.3. The molecule has 2 N–H and O–H groups in total. The number of carbonyl (C=O) groups excluding carboxylic acids is 1. The summed E-state index contributed by atoms with van der Waals surface area (Å²) in [6.45, 7) is 0. The van der Waals surface area contributed by atoms with Gasteiger partial charge in [-0.15, -0.1) is 0 Å². The van der Waals surface area contributed by atoms with Gasteiger partial charge in [-0.2, -0.15) is 5.10 Å². The highest BCUT2D eigenvalue weighted by molar-refractivity contribution is 9.10. The Balaban J connectivity index is 1.84. The number of para-hydroxylation sites is 1. The van der Waals surface area contributed by atoms with Crippen LogP contribution in [0.2, 0.25) is 0 Å². The maximum absolute atomic E-state index is 12.4. The second-order valence-electron chi connectivity index (χ2n) is 4.34. The highest BCUT2D eigenvalue weighted by Crippen LogP contribution is 2.26. The van der Waals surface area contributed by atoms with Crippen molar-refractivity contribution in [2.75, 3.05) is 5.32 Å². The Morgan fingerprint density at radius 2 is 2.00 bits per heavy atom. The van der Waals surface area contributed by atoms with Crippen molar-refractivity contribution in [1.82, 2.24) is 15.2 Å². The van der Waals surface area contributed by atoms with Crippen LogP contribution >= 0.6 is 15.9 Å². The van der Waals surface area contributed by atoms with Gasteiger partial charge in [-0.1, -0.05) is 18.2 Å². The molecule has 0 aliphatic carbocycles. The van der Waals surface area contributed by atoms with E-state index in [-0.39, 0.29) is 5.91 Å². The van der Waals surface area contributed by atoms with Gasteiger partial charge in [0.15, 0.2) is 0 Å². The lowest BCUT2D eigenvalue weighted by molar-refractivity contribution is 0.102. The zero-order valence-corrected chi connectivity index (χ0v) is 12.9. The highest BCUT2D eigenvalue weighted by Gasteiger charge is 2.15. The third kappa shape index (κ3) is 3.15. The van der Waals surface area contributed by atoms with Gasteiger partial charge in [0.25, 0.3) is 5.91 Å². The van der Waals surface area contributed by atoms with Gasteiger partial charge >= 0.3 is 0 Å². The Morgan fingerprint density at radius 1 is 1.18 bits per heavy atom. The van der Waals surface area contributed by atoms with Crippen molar-refractivity contribution >= 4 is 27.5 Å². The van der Waals surface area contributed by atoms with E-state index in [4.69, 9.17) is 4.74 Å². The third-order valence-electron chi connectivity index (χ3n) is 2.84. The number of rotatable bonds is 4. The fraction of sp³-hybridized carbons (Fsp3) is 0. The predicted octanol–water partition coefficient (Wildman–Crippen LogP) is 3.61. The first-order valence-corrected chi connectivity index (χ1v) is 7.20. The Hall–Kier alpha value is -2.67. The number of hydrogen-bond acceptors (Lipinski definition) is 4. The van der Waals surface area contributed by atoms with Gasteiger partial charge in [0.05, 0.1) is 11.9 Å². The molecule has 0 saturated carbocycles. The Kier molecular flexibility index (Phi) is 4.15. The number of aromatic nitrogens is 3. The summed E-state index contributed by atoms with van der Waals surface area (Å²) in [4.78, 5) is 16.4. The van der Waals surface area contributed by atoms with Crippen LogP contribution in [-0.4, -0.2) is 21.1 Å². The molecule has 7 heteroatoms. The molecule has 2 heterocycles. The number of carbonyl (C=O) groups is 1. The Bertz CT molecular complexity index is 789. The average Bonchev–Trinajstić information content (AvgIpc) is 2.94. The summed E-state index contributed by atoms with van der Waals surface area (Å²) >= 11 is 3.26. The van der Waals surface area contributed by atoms with E-state index in [1.54, 1.807) is 12.3 Å². The molecule has 0 atom stereocenters. The summed E-state index contributed by atoms with van der Waals surface area (Å²) in [5.74, 6) is 0.742. The minimum Gasteiger partial charge on any atom is -0.456 e. The predicted molar refractivity (Wildman–Crippen MR) is 85.0 cm³/mol. The summed E-state index contributed by atoms with van der Waals surface area (Å²) in [7, 11) is 0. The first kappa shape index (κ1) is 14.3. The summed E-state index contributed by atoms with van der Waals surface area (Å²) < 4.78 is 6.34. The number of halogens is 1. The van der Waals surface area contributed by atoms with Crippen LogP contribution in [0, 0.1) is 0 Å². The van der Waals surface area contributed by atoms with Crippen LogP contribution in [0.25, 0.3) is 0 Å². The van der Waals surface area contributed by atoms with Crippen LogP contribution in [0.5, 0.6) is 11.5 Å². The van der Waals surface area contributed by atoms with Gasteiger partial charge in [0, 0.05) is 12.4 Å². The van der Waals surface area contributed by atoms with E-state index < -0.39 is 0 Å². The van der Waals surface area contributed by atoms with E-state index in [1.807, 2.05) is 30.3 Å². The number of anilines is 1. The molecule has 3 rings (SSSR count). The van der Waals surface area contributed by atoms with Gasteiger partial charge in [0.2, 0.25) is 0 Å². The molecule has 0 radical (unpaired) electrons. The number of H-pyrrole nitrogens is 1. The van der Waals surface area contributed by atoms with Crippen LogP contribution in [-0.2, 0) is 0 Å². The molecule has 6 nitrogen and oxygen atoms in total. The quantitative estimate of drug-likeness (QED) is 0.746. The summed E-state index contributed by atoms with van der Waals surface area (Å²) in [5, 5.41) is 9.24. The minimum atomic E-state index is -0.332. The molecule has 110 valence electrons. The standard InChI is InChI=1S/C15H11BrN4O2/c16-14-12(9-18-20-14)19-15(21)11-8-17-7-6-13(11)22-10-4-2-1-3-5-10/h1-9H,(H,18,20)(H,19,21). The molecule has 0 fully saturated rings. The summed E-state index contributed by atoms with van der Waals surface area (Å²) in [6.07, 6.45) is 4.54. The third-order valence-corrected chi connectivity index (χ3v) is 3.44. The number of pyridine rings is 1. The first-order chi connectivity index (χ1) is 10.7. The molecule has 0 bridgehead atoms. The molecule has 0 aliphatic heterocycles. The first-order valence-electron chi connectivity index (χ1n) is 6.41. The lowest BCUT2D eigenvalue weighted by atomic mass is 10.2. The van der Waals surface area contributed by atoms with E-state index in [0.717, 1.165) is 0 Å². The van der Waals surface area contributed by atoms with E-state index in [0.29, 0.717) is 27.4 Å². The van der Waals surface area contributed by atoms with E-state index >= 15 is 0 Å². The van der Waals surface area contributed by atoms with Crippen molar-refractivity contribution in [3.8, 4) is 11.5 Å². The molecule has 0 spiro atoms. The van der Waals surface area contributed by atoms with Gasteiger partial charge in [-0.05, 0) is 34.1 Å². The van der Waals surface area contributed by atoms with E-state index in [2.05, 4.69) is 36.4 Å². The number of amides is 1. The number of ether oxygens (including phenoxy) is 1. The molecular formula is C15H11BrN4O2. The van der Waals surface area contributed by atoms with Gasteiger partial charge in [-0.3, -0.25) is 14.9 Å². The van der Waals surface area contributed by atoms with Crippen LogP contribution in [0.1, 0.15) is 10.4 Å². The summed E-state index contributed by atoms with van der Waals surface area (Å²) in [5.41, 5.74) is 0.874. The minimum absolute atomic E-state index is 0.332. The fourth-order valence-electron chi connectivity index (χ4n) is 1.80. The van der Waals surface area contributed by atoms with Crippen molar-refractivity contribution in [3.63, 3.8) is 0 Å². The maximum Gasteiger partial charge on any atom is 0.261 e. The zero-order chi connectivity index (χ0) is 15.4. The van der Waals surface area contributed by atoms with Crippen molar-refractivity contribution in [2.24, 2.45) is 0 Å². The largest absolute Gasteiger partial charge is 0.456 e.